The van der Waals surface area contributed by atoms with Gasteiger partial charge in [-0.1, -0.05) is 29.8 Å². The monoisotopic (exact) mass is 328 g/mol. The zero-order valence-corrected chi connectivity index (χ0v) is 13.0. The van der Waals surface area contributed by atoms with Crippen LogP contribution in [0.4, 0.5) is 5.69 Å². The average Bonchev–Trinajstić information content (AvgIpc) is 2.79. The first-order valence-corrected chi connectivity index (χ1v) is 7.40. The molecule has 1 aliphatic heterocycles. The second-order valence-corrected chi connectivity index (χ2v) is 5.64. The molecule has 23 heavy (non-hydrogen) atoms. The van der Waals surface area contributed by atoms with E-state index in [2.05, 4.69) is 5.32 Å². The Kier molecular flexibility index (Phi) is 3.88. The van der Waals surface area contributed by atoms with Crippen LogP contribution in [0.15, 0.2) is 48.5 Å². The highest BCUT2D eigenvalue weighted by Crippen LogP contribution is 2.25. The number of rotatable bonds is 3. The molecule has 5 nitrogen and oxygen atoms in total. The summed E-state index contributed by atoms with van der Waals surface area (Å²) in [5.74, 6) is -1.37. The van der Waals surface area contributed by atoms with Gasteiger partial charge in [-0.15, -0.1) is 0 Å². The summed E-state index contributed by atoms with van der Waals surface area (Å²) in [7, 11) is 0. The van der Waals surface area contributed by atoms with Crippen LogP contribution in [0.2, 0.25) is 5.02 Å². The number of anilines is 1. The number of nitrogens with zero attached hydrogens (tertiary/aromatic N) is 1. The van der Waals surface area contributed by atoms with Crippen LogP contribution in [-0.4, -0.2) is 28.7 Å². The summed E-state index contributed by atoms with van der Waals surface area (Å²) in [6.45, 7) is 1.52. The molecule has 2 aromatic carbocycles. The lowest BCUT2D eigenvalue weighted by molar-refractivity contribution is -0.119. The van der Waals surface area contributed by atoms with Crippen molar-refractivity contribution in [3.8, 4) is 0 Å². The molecule has 0 radical (unpaired) electrons. The molecule has 1 N–H and O–H groups in total. The summed E-state index contributed by atoms with van der Waals surface area (Å²) < 4.78 is 0. The minimum atomic E-state index is -0.929. The highest BCUT2D eigenvalue weighted by molar-refractivity contribution is 6.31. The first-order chi connectivity index (χ1) is 11.0. The number of nitrogens with one attached hydrogen (secondary N) is 1. The summed E-state index contributed by atoms with van der Waals surface area (Å²) in [5, 5.41) is 3.14. The lowest BCUT2D eigenvalue weighted by Crippen LogP contribution is -2.45. The molecule has 0 aromatic heterocycles. The zero-order chi connectivity index (χ0) is 16.6. The molecule has 3 amide bonds. The van der Waals surface area contributed by atoms with Gasteiger partial charge in [0.2, 0.25) is 5.91 Å². The van der Waals surface area contributed by atoms with Crippen molar-refractivity contribution in [1.82, 2.24) is 4.90 Å². The Morgan fingerprint density at radius 2 is 1.65 bits per heavy atom. The summed E-state index contributed by atoms with van der Waals surface area (Å²) in [4.78, 5) is 38.1. The maximum absolute atomic E-state index is 12.4. The standard InChI is InChI=1S/C17H13ClN2O3/c1-10(15(21)19-12-6-4-5-11(18)9-12)20-16(22)13-7-2-3-8-14(13)17(20)23/h2-10H,1H3,(H,19,21). The molecule has 1 heterocycles. The van der Waals surface area contributed by atoms with Gasteiger partial charge in [0.25, 0.3) is 11.8 Å². The molecule has 6 heteroatoms. The Balaban J connectivity index is 1.81. The first kappa shape index (κ1) is 15.2. The number of hydrogen-bond acceptors (Lipinski definition) is 3. The number of carbonyl (C=O) groups is 3. The van der Waals surface area contributed by atoms with E-state index < -0.39 is 23.8 Å². The van der Waals surface area contributed by atoms with Gasteiger partial charge in [-0.3, -0.25) is 19.3 Å². The number of benzene rings is 2. The Morgan fingerprint density at radius 3 is 2.22 bits per heavy atom. The molecule has 0 aliphatic carbocycles. The smallest absolute Gasteiger partial charge is 0.262 e. The summed E-state index contributed by atoms with van der Waals surface area (Å²) in [6, 6.07) is 12.3. The van der Waals surface area contributed by atoms with Gasteiger partial charge in [0.05, 0.1) is 11.1 Å². The van der Waals surface area contributed by atoms with Gasteiger partial charge in [0, 0.05) is 10.7 Å². The minimum Gasteiger partial charge on any atom is -0.324 e. The number of amides is 3. The van der Waals surface area contributed by atoms with E-state index >= 15 is 0 Å². The van der Waals surface area contributed by atoms with Crippen LogP contribution in [0.3, 0.4) is 0 Å². The summed E-state index contributed by atoms with van der Waals surface area (Å²) >= 11 is 5.87. The van der Waals surface area contributed by atoms with Crippen LogP contribution in [0.5, 0.6) is 0 Å². The average molecular weight is 329 g/mol. The van der Waals surface area contributed by atoms with Crippen molar-refractivity contribution in [2.24, 2.45) is 0 Å². The Labute approximate surface area is 137 Å². The van der Waals surface area contributed by atoms with Crippen LogP contribution in [-0.2, 0) is 4.79 Å². The SMILES string of the molecule is CC(C(=O)Nc1cccc(Cl)c1)N1C(=O)c2ccccc2C1=O. The fourth-order valence-corrected chi connectivity index (χ4v) is 2.68. The van der Waals surface area contributed by atoms with Crippen molar-refractivity contribution >= 4 is 35.0 Å². The van der Waals surface area contributed by atoms with E-state index in [0.29, 0.717) is 21.8 Å². The van der Waals surface area contributed by atoms with E-state index in [4.69, 9.17) is 11.6 Å². The summed E-state index contributed by atoms with van der Waals surface area (Å²) in [6.07, 6.45) is 0. The maximum Gasteiger partial charge on any atom is 0.262 e. The number of imide groups is 1. The lowest BCUT2D eigenvalue weighted by Gasteiger charge is -2.21. The van der Waals surface area contributed by atoms with Crippen LogP contribution in [0.25, 0.3) is 0 Å². The number of halogens is 1. The molecular weight excluding hydrogens is 316 g/mol. The molecular formula is C17H13ClN2O3. The van der Waals surface area contributed by atoms with E-state index in [0.717, 1.165) is 4.90 Å². The van der Waals surface area contributed by atoms with Crippen molar-refractivity contribution < 1.29 is 14.4 Å². The van der Waals surface area contributed by atoms with E-state index in [1.165, 1.54) is 6.92 Å². The van der Waals surface area contributed by atoms with E-state index in [9.17, 15) is 14.4 Å². The van der Waals surface area contributed by atoms with Crippen molar-refractivity contribution in [3.63, 3.8) is 0 Å². The molecule has 0 spiro atoms. The van der Waals surface area contributed by atoms with Gasteiger partial charge in [-0.05, 0) is 37.3 Å². The number of carbonyl (C=O) groups excluding carboxylic acids is 3. The largest absolute Gasteiger partial charge is 0.324 e. The third-order valence-corrected chi connectivity index (χ3v) is 3.92. The van der Waals surface area contributed by atoms with Crippen LogP contribution in [0.1, 0.15) is 27.6 Å². The molecule has 2 aromatic rings. The fraction of sp³-hybridized carbons (Fsp3) is 0.118. The van der Waals surface area contributed by atoms with Gasteiger partial charge < -0.3 is 5.32 Å². The van der Waals surface area contributed by atoms with Gasteiger partial charge in [0.1, 0.15) is 6.04 Å². The molecule has 1 atom stereocenters. The van der Waals surface area contributed by atoms with Crippen molar-refractivity contribution in [1.29, 1.82) is 0 Å². The van der Waals surface area contributed by atoms with Gasteiger partial charge in [-0.2, -0.15) is 0 Å². The highest BCUT2D eigenvalue weighted by Gasteiger charge is 2.40. The molecule has 1 aliphatic rings. The third-order valence-electron chi connectivity index (χ3n) is 3.68. The van der Waals surface area contributed by atoms with Gasteiger partial charge in [-0.25, -0.2) is 0 Å². The van der Waals surface area contributed by atoms with Gasteiger partial charge in [0.15, 0.2) is 0 Å². The van der Waals surface area contributed by atoms with Crippen LogP contribution >= 0.6 is 11.6 Å². The predicted molar refractivity (Wildman–Crippen MR) is 86.5 cm³/mol. The lowest BCUT2D eigenvalue weighted by atomic mass is 10.1. The number of hydrogen-bond donors (Lipinski definition) is 1. The third kappa shape index (κ3) is 2.71. The van der Waals surface area contributed by atoms with Crippen LogP contribution < -0.4 is 5.32 Å². The molecule has 116 valence electrons. The molecule has 3 rings (SSSR count). The van der Waals surface area contributed by atoms with E-state index in [-0.39, 0.29) is 0 Å². The first-order valence-electron chi connectivity index (χ1n) is 7.02. The molecule has 0 bridgehead atoms. The topological polar surface area (TPSA) is 66.5 Å². The van der Waals surface area contributed by atoms with Crippen molar-refractivity contribution in [2.45, 2.75) is 13.0 Å². The van der Waals surface area contributed by atoms with E-state index in [1.54, 1.807) is 48.5 Å². The summed E-state index contributed by atoms with van der Waals surface area (Å²) in [5.41, 5.74) is 1.14. The Hall–Kier alpha value is -2.66. The van der Waals surface area contributed by atoms with Crippen molar-refractivity contribution in [2.75, 3.05) is 5.32 Å². The zero-order valence-electron chi connectivity index (χ0n) is 12.2. The predicted octanol–water partition coefficient (Wildman–Crippen LogP) is 2.96. The maximum atomic E-state index is 12.4. The molecule has 0 saturated heterocycles. The quantitative estimate of drug-likeness (QED) is 0.881. The second-order valence-electron chi connectivity index (χ2n) is 5.20. The number of fused-ring (bicyclic) bond motifs is 1. The van der Waals surface area contributed by atoms with E-state index in [1.807, 2.05) is 0 Å². The fourth-order valence-electron chi connectivity index (χ4n) is 2.49. The minimum absolute atomic E-state index is 0.319. The molecule has 0 saturated carbocycles. The molecule has 1 unspecified atom stereocenters. The van der Waals surface area contributed by atoms with Crippen LogP contribution in [0, 0.1) is 0 Å². The normalized spacial score (nSPS) is 14.6. The Bertz CT molecular complexity index is 784. The second kappa shape index (κ2) is 5.85. The molecule has 0 fully saturated rings. The highest BCUT2D eigenvalue weighted by atomic mass is 35.5. The van der Waals surface area contributed by atoms with Gasteiger partial charge >= 0.3 is 0 Å². The van der Waals surface area contributed by atoms with Crippen molar-refractivity contribution in [3.05, 3.63) is 64.7 Å². The Morgan fingerprint density at radius 1 is 1.04 bits per heavy atom.